The van der Waals surface area contributed by atoms with Crippen LogP contribution in [0.2, 0.25) is 0 Å². The molecule has 1 aromatic heterocycles. The Morgan fingerprint density at radius 2 is 1.45 bits per heavy atom. The Labute approximate surface area is 215 Å². The highest BCUT2D eigenvalue weighted by atomic mass is 19.1. The summed E-state index contributed by atoms with van der Waals surface area (Å²) in [5, 5.41) is 5.41. The molecule has 4 rings (SSSR count). The van der Waals surface area contributed by atoms with Crippen molar-refractivity contribution in [2.75, 3.05) is 24.9 Å². The fourth-order valence-corrected chi connectivity index (χ4v) is 3.50. The van der Waals surface area contributed by atoms with Crippen molar-refractivity contribution in [3.63, 3.8) is 0 Å². The number of nitrogens with zero attached hydrogens (tertiary/aromatic N) is 1. The van der Waals surface area contributed by atoms with E-state index in [4.69, 9.17) is 19.9 Å². The Morgan fingerprint density at radius 1 is 0.816 bits per heavy atom. The van der Waals surface area contributed by atoms with E-state index in [0.29, 0.717) is 28.2 Å². The van der Waals surface area contributed by atoms with Crippen molar-refractivity contribution < 1.29 is 32.6 Å². The predicted octanol–water partition coefficient (Wildman–Crippen LogP) is 4.74. The summed E-state index contributed by atoms with van der Waals surface area (Å²) in [5.41, 5.74) is 5.90. The van der Waals surface area contributed by atoms with Crippen molar-refractivity contribution in [2.45, 2.75) is 0 Å². The molecule has 0 aliphatic rings. The van der Waals surface area contributed by atoms with Gasteiger partial charge in [0.1, 0.15) is 17.1 Å². The zero-order chi connectivity index (χ0) is 27.2. The maximum atomic E-state index is 14.9. The van der Waals surface area contributed by atoms with Gasteiger partial charge in [-0.3, -0.25) is 14.6 Å². The molecular weight excluding hydrogens is 498 g/mol. The molecule has 0 bridgehead atoms. The number of amides is 2. The van der Waals surface area contributed by atoms with E-state index in [1.807, 2.05) is 0 Å². The lowest BCUT2D eigenvalue weighted by Crippen LogP contribution is -2.26. The highest BCUT2D eigenvalue weighted by Crippen LogP contribution is 2.37. The number of halogens is 2. The summed E-state index contributed by atoms with van der Waals surface area (Å²) < 4.78 is 44.4. The molecule has 194 valence electrons. The molecule has 38 heavy (non-hydrogen) atoms. The molecule has 0 unspecified atom stereocenters. The topological polar surface area (TPSA) is 125 Å². The minimum atomic E-state index is -0.874. The smallest absolute Gasteiger partial charge is 0.262 e. The normalized spacial score (nSPS) is 11.1. The molecule has 2 amide bonds. The summed E-state index contributed by atoms with van der Waals surface area (Å²) in [5.74, 6) is -1.83. The van der Waals surface area contributed by atoms with Crippen molar-refractivity contribution >= 4 is 34.1 Å². The first kappa shape index (κ1) is 25.9. The SMILES string of the molecule is COc1cc2nccc(Oc3ccc(NC(=O)/C(=C/N)C(=O)Nc4ccc(F)cc4)cc3F)c2cc1OC. The van der Waals surface area contributed by atoms with Crippen LogP contribution in [0.5, 0.6) is 23.0 Å². The summed E-state index contributed by atoms with van der Waals surface area (Å²) in [6.45, 7) is 0. The number of hydrogen-bond donors (Lipinski definition) is 3. The number of nitrogens with two attached hydrogens (primary N) is 1. The molecule has 4 aromatic rings. The summed E-state index contributed by atoms with van der Waals surface area (Å²) >= 11 is 0. The zero-order valence-corrected chi connectivity index (χ0v) is 20.2. The summed E-state index contributed by atoms with van der Waals surface area (Å²) in [6, 6.07) is 13.6. The number of aromatic nitrogens is 1. The van der Waals surface area contributed by atoms with E-state index in [1.54, 1.807) is 18.2 Å². The first-order valence-electron chi connectivity index (χ1n) is 11.1. The van der Waals surface area contributed by atoms with Crippen molar-refractivity contribution in [1.82, 2.24) is 4.98 Å². The van der Waals surface area contributed by atoms with Crippen LogP contribution in [0.15, 0.2) is 78.6 Å². The number of fused-ring (bicyclic) bond motifs is 1. The van der Waals surface area contributed by atoms with Gasteiger partial charge in [0.15, 0.2) is 23.1 Å². The number of carbonyl (C=O) groups is 2. The molecule has 4 N–H and O–H groups in total. The van der Waals surface area contributed by atoms with Crippen molar-refractivity contribution in [3.05, 3.63) is 90.3 Å². The largest absolute Gasteiger partial charge is 0.493 e. The Hall–Kier alpha value is -5.19. The van der Waals surface area contributed by atoms with Crippen LogP contribution in [0.4, 0.5) is 20.2 Å². The number of hydrogen-bond acceptors (Lipinski definition) is 7. The Balaban J connectivity index is 1.50. The van der Waals surface area contributed by atoms with Crippen LogP contribution in [0.1, 0.15) is 0 Å². The molecule has 0 atom stereocenters. The quantitative estimate of drug-likeness (QED) is 0.174. The average molecular weight is 520 g/mol. The fourth-order valence-electron chi connectivity index (χ4n) is 3.50. The highest BCUT2D eigenvalue weighted by Gasteiger charge is 2.19. The summed E-state index contributed by atoms with van der Waals surface area (Å²) in [6.07, 6.45) is 2.33. The highest BCUT2D eigenvalue weighted by molar-refractivity contribution is 6.26. The second-order valence-electron chi connectivity index (χ2n) is 7.78. The van der Waals surface area contributed by atoms with Gasteiger partial charge in [-0.2, -0.15) is 0 Å². The van der Waals surface area contributed by atoms with Gasteiger partial charge in [-0.1, -0.05) is 0 Å². The molecule has 0 radical (unpaired) electrons. The van der Waals surface area contributed by atoms with E-state index in [-0.39, 0.29) is 17.1 Å². The van der Waals surface area contributed by atoms with E-state index < -0.39 is 29.0 Å². The van der Waals surface area contributed by atoms with Gasteiger partial charge in [0, 0.05) is 41.3 Å². The van der Waals surface area contributed by atoms with Gasteiger partial charge in [-0.15, -0.1) is 0 Å². The first-order valence-corrected chi connectivity index (χ1v) is 11.1. The van der Waals surface area contributed by atoms with Crippen LogP contribution in [-0.4, -0.2) is 31.0 Å². The molecule has 1 heterocycles. The van der Waals surface area contributed by atoms with Crippen LogP contribution in [0.25, 0.3) is 10.9 Å². The van der Waals surface area contributed by atoms with Crippen LogP contribution in [0.3, 0.4) is 0 Å². The number of carbonyl (C=O) groups excluding carboxylic acids is 2. The van der Waals surface area contributed by atoms with E-state index in [0.717, 1.165) is 24.4 Å². The van der Waals surface area contributed by atoms with Crippen LogP contribution >= 0.6 is 0 Å². The minimum Gasteiger partial charge on any atom is -0.493 e. The van der Waals surface area contributed by atoms with Gasteiger partial charge in [0.05, 0.1) is 19.7 Å². The van der Waals surface area contributed by atoms with Gasteiger partial charge >= 0.3 is 0 Å². The average Bonchev–Trinajstić information content (AvgIpc) is 2.91. The Kier molecular flexibility index (Phi) is 7.66. The lowest BCUT2D eigenvalue weighted by atomic mass is 10.1. The van der Waals surface area contributed by atoms with Crippen LogP contribution in [0, 0.1) is 11.6 Å². The second-order valence-corrected chi connectivity index (χ2v) is 7.78. The number of rotatable bonds is 8. The monoisotopic (exact) mass is 520 g/mol. The lowest BCUT2D eigenvalue weighted by molar-refractivity contribution is -0.118. The zero-order valence-electron chi connectivity index (χ0n) is 20.2. The summed E-state index contributed by atoms with van der Waals surface area (Å²) in [7, 11) is 3.00. The number of ether oxygens (including phenoxy) is 3. The van der Waals surface area contributed by atoms with E-state index in [9.17, 15) is 18.4 Å². The third kappa shape index (κ3) is 5.62. The molecule has 11 heteroatoms. The second kappa shape index (κ2) is 11.2. The molecule has 3 aromatic carbocycles. The molecule has 0 aliphatic heterocycles. The molecule has 0 saturated heterocycles. The van der Waals surface area contributed by atoms with Crippen LogP contribution in [-0.2, 0) is 9.59 Å². The molecule has 9 nitrogen and oxygen atoms in total. The number of benzene rings is 3. The number of anilines is 2. The van der Waals surface area contributed by atoms with Gasteiger partial charge in [0.25, 0.3) is 11.8 Å². The lowest BCUT2D eigenvalue weighted by Gasteiger charge is -2.13. The third-order valence-electron chi connectivity index (χ3n) is 5.37. The van der Waals surface area contributed by atoms with Gasteiger partial charge < -0.3 is 30.6 Å². The maximum Gasteiger partial charge on any atom is 0.262 e. The standard InChI is InChI=1S/C27H22F2N4O5/c1-36-24-12-18-21(13-25(24)37-2)31-10-9-22(18)38-23-8-7-17(11-20(23)29)33-27(35)19(14-30)26(34)32-16-5-3-15(28)4-6-16/h3-14H,30H2,1-2H3,(H,32,34)(H,33,35)/b19-14+. The minimum absolute atomic E-state index is 0.0553. The van der Waals surface area contributed by atoms with E-state index in [2.05, 4.69) is 15.6 Å². The molecule has 0 spiro atoms. The van der Waals surface area contributed by atoms with Gasteiger partial charge in [-0.25, -0.2) is 8.78 Å². The predicted molar refractivity (Wildman–Crippen MR) is 137 cm³/mol. The van der Waals surface area contributed by atoms with E-state index in [1.165, 1.54) is 44.7 Å². The molecule has 0 saturated carbocycles. The van der Waals surface area contributed by atoms with Gasteiger partial charge in [-0.05, 0) is 48.5 Å². The maximum absolute atomic E-state index is 14.9. The number of methoxy groups -OCH3 is 2. The Bertz CT molecular complexity index is 1540. The van der Waals surface area contributed by atoms with E-state index >= 15 is 0 Å². The fraction of sp³-hybridized carbons (Fsp3) is 0.0741. The third-order valence-corrected chi connectivity index (χ3v) is 5.37. The van der Waals surface area contributed by atoms with Crippen molar-refractivity contribution in [1.29, 1.82) is 0 Å². The molecular formula is C27H22F2N4O5. The van der Waals surface area contributed by atoms with Crippen molar-refractivity contribution in [3.8, 4) is 23.0 Å². The van der Waals surface area contributed by atoms with Gasteiger partial charge in [0.2, 0.25) is 0 Å². The number of nitrogens with one attached hydrogen (secondary N) is 2. The van der Waals surface area contributed by atoms with Crippen LogP contribution < -0.4 is 30.6 Å². The molecule has 0 fully saturated rings. The summed E-state index contributed by atoms with van der Waals surface area (Å²) in [4.78, 5) is 29.3. The van der Waals surface area contributed by atoms with Crippen molar-refractivity contribution in [2.24, 2.45) is 5.73 Å². The number of pyridine rings is 1. The Morgan fingerprint density at radius 3 is 2.08 bits per heavy atom. The molecule has 0 aliphatic carbocycles. The first-order chi connectivity index (χ1) is 18.3.